The third-order valence-corrected chi connectivity index (χ3v) is 4.61. The van der Waals surface area contributed by atoms with E-state index in [2.05, 4.69) is 20.6 Å². The van der Waals surface area contributed by atoms with E-state index in [4.69, 9.17) is 0 Å². The topological polar surface area (TPSA) is 49.3 Å². The molecule has 2 unspecified atom stereocenters. The Hall–Kier alpha value is -1.06. The molecule has 0 saturated heterocycles. The second-order valence-electron chi connectivity index (χ2n) is 6.56. The molecule has 4 nitrogen and oxygen atoms in total. The molecule has 1 heterocycles. The van der Waals surface area contributed by atoms with Gasteiger partial charge in [-0.1, -0.05) is 6.42 Å². The highest BCUT2D eigenvalue weighted by Crippen LogP contribution is 2.37. The lowest BCUT2D eigenvalue weighted by Gasteiger charge is -2.31. The van der Waals surface area contributed by atoms with Crippen LogP contribution in [0.1, 0.15) is 43.7 Å². The van der Waals surface area contributed by atoms with Gasteiger partial charge in [0.25, 0.3) is 0 Å². The average molecular weight is 484 g/mol. The summed E-state index contributed by atoms with van der Waals surface area (Å²) in [4.78, 5) is 8.59. The van der Waals surface area contributed by atoms with Gasteiger partial charge in [-0.05, 0) is 56.7 Å². The molecule has 0 aliphatic heterocycles. The molecule has 1 aromatic rings. The number of hydrogen-bond acceptors (Lipinski definition) is 2. The summed E-state index contributed by atoms with van der Waals surface area (Å²) < 4.78 is 38.8. The van der Waals surface area contributed by atoms with Gasteiger partial charge >= 0.3 is 6.18 Å². The van der Waals surface area contributed by atoms with Crippen LogP contribution < -0.4 is 10.6 Å². The summed E-state index contributed by atoms with van der Waals surface area (Å²) in [5.74, 6) is -0.608. The maximum Gasteiger partial charge on any atom is 0.391 e. The van der Waals surface area contributed by atoms with E-state index in [0.717, 1.165) is 18.4 Å². The minimum Gasteiger partial charge on any atom is -0.357 e. The van der Waals surface area contributed by atoms with Gasteiger partial charge in [-0.15, -0.1) is 24.0 Å². The zero-order valence-electron chi connectivity index (χ0n) is 15.3. The maximum absolute atomic E-state index is 12.9. The van der Waals surface area contributed by atoms with Gasteiger partial charge < -0.3 is 10.6 Å². The van der Waals surface area contributed by atoms with Crippen molar-refractivity contribution < 1.29 is 13.2 Å². The molecule has 0 bridgehead atoms. The van der Waals surface area contributed by atoms with Crippen molar-refractivity contribution in [3.05, 3.63) is 29.6 Å². The van der Waals surface area contributed by atoms with Crippen molar-refractivity contribution in [1.82, 2.24) is 15.6 Å². The third kappa shape index (κ3) is 7.28. The van der Waals surface area contributed by atoms with Crippen LogP contribution in [-0.2, 0) is 6.42 Å². The van der Waals surface area contributed by atoms with Crippen LogP contribution in [0.15, 0.2) is 23.5 Å². The van der Waals surface area contributed by atoms with Gasteiger partial charge in [0.15, 0.2) is 5.96 Å². The van der Waals surface area contributed by atoms with E-state index >= 15 is 0 Å². The van der Waals surface area contributed by atoms with Crippen molar-refractivity contribution in [2.75, 3.05) is 13.1 Å². The number of nitrogens with zero attached hydrogens (tertiary/aromatic N) is 2. The van der Waals surface area contributed by atoms with Crippen molar-refractivity contribution in [2.24, 2.45) is 10.9 Å². The number of alkyl halides is 3. The van der Waals surface area contributed by atoms with E-state index in [1.54, 1.807) is 6.20 Å². The molecule has 0 spiro atoms. The zero-order chi connectivity index (χ0) is 18.3. The quantitative estimate of drug-likeness (QED) is 0.374. The molecule has 8 heteroatoms. The Bertz CT molecular complexity index is 578. The summed E-state index contributed by atoms with van der Waals surface area (Å²) in [5.41, 5.74) is 2.31. The second kappa shape index (κ2) is 10.9. The van der Waals surface area contributed by atoms with Crippen LogP contribution >= 0.6 is 24.0 Å². The number of aliphatic imine (C=N–C) groups is 1. The van der Waals surface area contributed by atoms with E-state index in [1.165, 1.54) is 5.56 Å². The van der Waals surface area contributed by atoms with Crippen molar-refractivity contribution in [1.29, 1.82) is 0 Å². The number of aromatic nitrogens is 1. The predicted octanol–water partition coefficient (Wildman–Crippen LogP) is 4.23. The number of aryl methyl sites for hydroxylation is 1. The Morgan fingerprint density at radius 2 is 2.12 bits per heavy atom. The van der Waals surface area contributed by atoms with Gasteiger partial charge in [-0.3, -0.25) is 9.98 Å². The number of nitrogens with one attached hydrogen (secondary N) is 2. The fraction of sp³-hybridized carbons (Fsp3) is 0.667. The summed E-state index contributed by atoms with van der Waals surface area (Å²) >= 11 is 0. The molecule has 2 rings (SSSR count). The van der Waals surface area contributed by atoms with Crippen LogP contribution in [0.3, 0.4) is 0 Å². The average Bonchev–Trinajstić information content (AvgIpc) is 2.56. The summed E-state index contributed by atoms with van der Waals surface area (Å²) in [6.45, 7) is 5.21. The lowest BCUT2D eigenvalue weighted by Crippen LogP contribution is -2.46. The SMILES string of the molecule is CCNC(=NCCc1ccncc1C)NC1CCCC(C(F)(F)F)C1.I. The predicted molar refractivity (Wildman–Crippen MR) is 109 cm³/mol. The molecule has 1 aromatic heterocycles. The molecule has 0 aromatic carbocycles. The van der Waals surface area contributed by atoms with Crippen molar-refractivity contribution in [3.8, 4) is 0 Å². The Balaban J connectivity index is 0.00000338. The molecular weight excluding hydrogens is 456 g/mol. The van der Waals surface area contributed by atoms with Gasteiger partial charge in [0.2, 0.25) is 0 Å². The smallest absolute Gasteiger partial charge is 0.357 e. The van der Waals surface area contributed by atoms with E-state index in [0.29, 0.717) is 25.5 Å². The molecule has 2 N–H and O–H groups in total. The van der Waals surface area contributed by atoms with Crippen LogP contribution in [0, 0.1) is 12.8 Å². The van der Waals surface area contributed by atoms with E-state index < -0.39 is 12.1 Å². The first-order valence-corrected chi connectivity index (χ1v) is 8.91. The van der Waals surface area contributed by atoms with Crippen LogP contribution in [0.5, 0.6) is 0 Å². The Morgan fingerprint density at radius 1 is 1.35 bits per heavy atom. The number of pyridine rings is 1. The molecular formula is C18H28F3IN4. The Kier molecular flexibility index (Phi) is 9.67. The number of halogens is 4. The highest BCUT2D eigenvalue weighted by Gasteiger charge is 2.42. The minimum absolute atomic E-state index is 0. The Labute approximate surface area is 170 Å². The van der Waals surface area contributed by atoms with Gasteiger partial charge in [0, 0.05) is 31.5 Å². The largest absolute Gasteiger partial charge is 0.391 e. The van der Waals surface area contributed by atoms with Gasteiger partial charge in [0.1, 0.15) is 0 Å². The summed E-state index contributed by atoms with van der Waals surface area (Å²) in [5, 5.41) is 6.32. The lowest BCUT2D eigenvalue weighted by atomic mass is 9.85. The molecule has 0 amide bonds. The first kappa shape index (κ1) is 23.0. The lowest BCUT2D eigenvalue weighted by molar-refractivity contribution is -0.183. The number of hydrogen-bond donors (Lipinski definition) is 2. The second-order valence-corrected chi connectivity index (χ2v) is 6.56. The van der Waals surface area contributed by atoms with E-state index in [-0.39, 0.29) is 42.9 Å². The molecule has 1 aliphatic carbocycles. The zero-order valence-corrected chi connectivity index (χ0v) is 17.6. The summed E-state index contributed by atoms with van der Waals surface area (Å²) in [6.07, 6.45) is 1.96. The molecule has 1 saturated carbocycles. The first-order chi connectivity index (χ1) is 11.9. The van der Waals surface area contributed by atoms with Crippen molar-refractivity contribution in [3.63, 3.8) is 0 Å². The highest BCUT2D eigenvalue weighted by atomic mass is 127. The maximum atomic E-state index is 12.9. The highest BCUT2D eigenvalue weighted by molar-refractivity contribution is 14.0. The third-order valence-electron chi connectivity index (χ3n) is 4.61. The van der Waals surface area contributed by atoms with Gasteiger partial charge in [0.05, 0.1) is 5.92 Å². The van der Waals surface area contributed by atoms with E-state index in [1.807, 2.05) is 26.1 Å². The minimum atomic E-state index is -4.10. The van der Waals surface area contributed by atoms with Crippen LogP contribution in [0.2, 0.25) is 0 Å². The molecule has 1 fully saturated rings. The molecule has 0 radical (unpaired) electrons. The van der Waals surface area contributed by atoms with Crippen molar-refractivity contribution in [2.45, 2.75) is 58.2 Å². The van der Waals surface area contributed by atoms with Crippen LogP contribution in [-0.4, -0.2) is 36.3 Å². The molecule has 148 valence electrons. The molecule has 1 aliphatic rings. The summed E-state index contributed by atoms with van der Waals surface area (Å²) in [6, 6.07) is 1.79. The van der Waals surface area contributed by atoms with Crippen LogP contribution in [0.4, 0.5) is 13.2 Å². The monoisotopic (exact) mass is 484 g/mol. The Morgan fingerprint density at radius 3 is 2.77 bits per heavy atom. The number of guanidine groups is 1. The van der Waals surface area contributed by atoms with Gasteiger partial charge in [-0.25, -0.2) is 0 Å². The van der Waals surface area contributed by atoms with Gasteiger partial charge in [-0.2, -0.15) is 13.2 Å². The fourth-order valence-electron chi connectivity index (χ4n) is 3.20. The standard InChI is InChI=1S/C18H27F3N4.HI/c1-3-23-17(24-10-8-14-7-9-22-12-13(14)2)25-16-6-4-5-15(11-16)18(19,20)21;/h7,9,12,15-16H,3-6,8,10-11H2,1-2H3,(H2,23,24,25);1H. The van der Waals surface area contributed by atoms with Crippen molar-refractivity contribution >= 4 is 29.9 Å². The molecule has 26 heavy (non-hydrogen) atoms. The fourth-order valence-corrected chi connectivity index (χ4v) is 3.20. The van der Waals surface area contributed by atoms with E-state index in [9.17, 15) is 13.2 Å². The van der Waals surface area contributed by atoms with Crippen LogP contribution in [0.25, 0.3) is 0 Å². The number of rotatable bonds is 5. The summed E-state index contributed by atoms with van der Waals surface area (Å²) in [7, 11) is 0. The first-order valence-electron chi connectivity index (χ1n) is 8.91. The molecule has 2 atom stereocenters. The normalized spacial score (nSPS) is 21.0.